The van der Waals surface area contributed by atoms with Crippen LogP contribution in [0.4, 0.5) is 10.2 Å². The zero-order valence-corrected chi connectivity index (χ0v) is 14.3. The second kappa shape index (κ2) is 8.11. The minimum atomic E-state index is -0.268. The van der Waals surface area contributed by atoms with Gasteiger partial charge in [0.1, 0.15) is 11.6 Å². The first-order valence-corrected chi connectivity index (χ1v) is 8.49. The van der Waals surface area contributed by atoms with E-state index in [4.69, 9.17) is 4.74 Å². The minimum absolute atomic E-state index is 0.0567. The number of piperidine rings is 1. The first kappa shape index (κ1) is 17.4. The van der Waals surface area contributed by atoms with Crippen molar-refractivity contribution >= 4 is 11.7 Å². The van der Waals surface area contributed by atoms with E-state index in [-0.39, 0.29) is 11.7 Å². The van der Waals surface area contributed by atoms with Crippen molar-refractivity contribution in [3.63, 3.8) is 0 Å². The van der Waals surface area contributed by atoms with E-state index in [1.807, 2.05) is 7.05 Å². The summed E-state index contributed by atoms with van der Waals surface area (Å²) in [5.41, 5.74) is 0. The van der Waals surface area contributed by atoms with Crippen molar-refractivity contribution in [2.45, 2.75) is 12.8 Å². The number of amides is 1. The molecule has 1 aliphatic heterocycles. The molecule has 2 heterocycles. The van der Waals surface area contributed by atoms with Crippen LogP contribution in [0.2, 0.25) is 0 Å². The number of anilines is 1. The van der Waals surface area contributed by atoms with E-state index in [1.54, 1.807) is 29.1 Å². The summed E-state index contributed by atoms with van der Waals surface area (Å²) in [5.74, 6) is 1.28. The number of hydrogen-bond donors (Lipinski definition) is 1. The molecule has 2 aromatic rings. The molecule has 134 valence electrons. The maximum absolute atomic E-state index is 12.9. The van der Waals surface area contributed by atoms with E-state index in [0.29, 0.717) is 30.6 Å². The van der Waals surface area contributed by atoms with Gasteiger partial charge in [-0.05, 0) is 43.7 Å². The summed E-state index contributed by atoms with van der Waals surface area (Å²) in [4.78, 5) is 14.3. The number of nitrogens with one attached hydrogen (secondary N) is 1. The zero-order valence-electron chi connectivity index (χ0n) is 14.3. The van der Waals surface area contributed by atoms with Crippen molar-refractivity contribution in [3.05, 3.63) is 42.3 Å². The van der Waals surface area contributed by atoms with Crippen LogP contribution in [0.5, 0.6) is 5.75 Å². The van der Waals surface area contributed by atoms with Gasteiger partial charge in [-0.3, -0.25) is 14.4 Å². The topological polar surface area (TPSA) is 59.4 Å². The van der Waals surface area contributed by atoms with Gasteiger partial charge in [-0.25, -0.2) is 4.39 Å². The largest absolute Gasteiger partial charge is 0.493 e. The maximum atomic E-state index is 12.9. The summed E-state index contributed by atoms with van der Waals surface area (Å²) in [7, 11) is 1.81. The molecular formula is C18H23FN4O2. The Balaban J connectivity index is 1.44. The number of hydrogen-bond acceptors (Lipinski definition) is 4. The summed E-state index contributed by atoms with van der Waals surface area (Å²) in [6, 6.07) is 7.83. The number of likely N-dealkylation sites (tertiary alicyclic amines) is 1. The van der Waals surface area contributed by atoms with Gasteiger partial charge in [0.2, 0.25) is 5.91 Å². The predicted molar refractivity (Wildman–Crippen MR) is 92.9 cm³/mol. The van der Waals surface area contributed by atoms with Crippen LogP contribution in [-0.2, 0) is 11.8 Å². The van der Waals surface area contributed by atoms with E-state index >= 15 is 0 Å². The van der Waals surface area contributed by atoms with Gasteiger partial charge < -0.3 is 10.1 Å². The lowest BCUT2D eigenvalue weighted by molar-refractivity contribution is -0.117. The monoisotopic (exact) mass is 346 g/mol. The highest BCUT2D eigenvalue weighted by Gasteiger charge is 2.22. The van der Waals surface area contributed by atoms with E-state index in [0.717, 1.165) is 25.9 Å². The van der Waals surface area contributed by atoms with Gasteiger partial charge in [-0.2, -0.15) is 5.10 Å². The summed E-state index contributed by atoms with van der Waals surface area (Å²) in [6.07, 6.45) is 3.90. The quantitative estimate of drug-likeness (QED) is 0.872. The van der Waals surface area contributed by atoms with Crippen molar-refractivity contribution in [1.82, 2.24) is 14.7 Å². The molecule has 6 nitrogen and oxygen atoms in total. The molecule has 1 aromatic carbocycles. The van der Waals surface area contributed by atoms with Crippen molar-refractivity contribution in [2.75, 3.05) is 31.6 Å². The predicted octanol–water partition coefficient (Wildman–Crippen LogP) is 2.29. The van der Waals surface area contributed by atoms with Crippen LogP contribution in [0, 0.1) is 11.7 Å². The lowest BCUT2D eigenvalue weighted by Gasteiger charge is -2.32. The molecular weight excluding hydrogens is 323 g/mol. The molecule has 7 heteroatoms. The lowest BCUT2D eigenvalue weighted by Crippen LogP contribution is -2.42. The molecule has 1 atom stereocenters. The Kier molecular flexibility index (Phi) is 5.65. The fourth-order valence-electron chi connectivity index (χ4n) is 3.04. The van der Waals surface area contributed by atoms with Gasteiger partial charge in [-0.15, -0.1) is 0 Å². The van der Waals surface area contributed by atoms with Crippen LogP contribution in [0.3, 0.4) is 0 Å². The molecule has 3 rings (SSSR count). The number of carbonyl (C=O) groups excluding carboxylic acids is 1. The second-order valence-electron chi connectivity index (χ2n) is 6.43. The van der Waals surface area contributed by atoms with E-state index in [9.17, 15) is 9.18 Å². The third-order valence-corrected chi connectivity index (χ3v) is 4.25. The lowest BCUT2D eigenvalue weighted by atomic mass is 9.99. The Morgan fingerprint density at radius 2 is 2.16 bits per heavy atom. The molecule has 1 N–H and O–H groups in total. The van der Waals surface area contributed by atoms with Gasteiger partial charge in [0, 0.05) is 31.8 Å². The standard InChI is InChI=1S/C18H23FN4O2/c1-22-10-8-17(21-22)20-18(24)12-23-9-2-3-14(11-23)13-25-16-6-4-15(19)5-7-16/h4-8,10,14H,2-3,9,11-13H2,1H3,(H,20,21,24)/t14-/m1/s1. The van der Waals surface area contributed by atoms with Crippen LogP contribution >= 0.6 is 0 Å². The number of benzene rings is 1. The fourth-order valence-corrected chi connectivity index (χ4v) is 3.04. The van der Waals surface area contributed by atoms with Gasteiger partial charge in [-0.1, -0.05) is 0 Å². The molecule has 0 saturated carbocycles. The van der Waals surface area contributed by atoms with Gasteiger partial charge in [0.15, 0.2) is 5.82 Å². The van der Waals surface area contributed by atoms with Crippen molar-refractivity contribution < 1.29 is 13.9 Å². The minimum Gasteiger partial charge on any atom is -0.493 e. The summed E-state index contributed by atoms with van der Waals surface area (Å²) in [5, 5.41) is 6.96. The van der Waals surface area contributed by atoms with Crippen LogP contribution in [0.15, 0.2) is 36.5 Å². The van der Waals surface area contributed by atoms with Gasteiger partial charge in [0.05, 0.1) is 13.2 Å². The molecule has 1 aromatic heterocycles. The Labute approximate surface area is 146 Å². The van der Waals surface area contributed by atoms with Crippen molar-refractivity contribution in [3.8, 4) is 5.75 Å². The van der Waals surface area contributed by atoms with Crippen LogP contribution in [0.25, 0.3) is 0 Å². The molecule has 1 amide bonds. The number of aryl methyl sites for hydroxylation is 1. The average Bonchev–Trinajstić information content (AvgIpc) is 2.99. The van der Waals surface area contributed by atoms with Gasteiger partial charge >= 0.3 is 0 Å². The number of carbonyl (C=O) groups is 1. The number of ether oxygens (including phenoxy) is 1. The Hall–Kier alpha value is -2.41. The Morgan fingerprint density at radius 1 is 1.36 bits per heavy atom. The number of aromatic nitrogens is 2. The second-order valence-corrected chi connectivity index (χ2v) is 6.43. The SMILES string of the molecule is Cn1ccc(NC(=O)CN2CCC[C@@H](COc3ccc(F)cc3)C2)n1. The molecule has 1 aliphatic rings. The summed E-state index contributed by atoms with van der Waals surface area (Å²) < 4.78 is 20.3. The molecule has 0 bridgehead atoms. The molecule has 0 radical (unpaired) electrons. The number of halogens is 1. The van der Waals surface area contributed by atoms with Crippen LogP contribution in [0.1, 0.15) is 12.8 Å². The van der Waals surface area contributed by atoms with E-state index < -0.39 is 0 Å². The average molecular weight is 346 g/mol. The Morgan fingerprint density at radius 3 is 2.88 bits per heavy atom. The molecule has 1 saturated heterocycles. The van der Waals surface area contributed by atoms with Crippen LogP contribution in [-0.4, -0.2) is 46.8 Å². The van der Waals surface area contributed by atoms with Crippen LogP contribution < -0.4 is 10.1 Å². The first-order chi connectivity index (χ1) is 12.1. The molecule has 1 fully saturated rings. The Bertz CT molecular complexity index is 701. The third kappa shape index (κ3) is 5.29. The number of rotatable bonds is 6. The van der Waals surface area contributed by atoms with Gasteiger partial charge in [0.25, 0.3) is 0 Å². The fraction of sp³-hybridized carbons (Fsp3) is 0.444. The molecule has 0 spiro atoms. The van der Waals surface area contributed by atoms with Crippen molar-refractivity contribution in [2.24, 2.45) is 13.0 Å². The van der Waals surface area contributed by atoms with E-state index in [1.165, 1.54) is 12.1 Å². The third-order valence-electron chi connectivity index (χ3n) is 4.25. The normalized spacial score (nSPS) is 18.1. The number of nitrogens with zero attached hydrogens (tertiary/aromatic N) is 3. The van der Waals surface area contributed by atoms with Crippen molar-refractivity contribution in [1.29, 1.82) is 0 Å². The molecule has 0 aliphatic carbocycles. The highest BCUT2D eigenvalue weighted by Crippen LogP contribution is 2.19. The first-order valence-electron chi connectivity index (χ1n) is 8.49. The molecule has 25 heavy (non-hydrogen) atoms. The smallest absolute Gasteiger partial charge is 0.239 e. The highest BCUT2D eigenvalue weighted by atomic mass is 19.1. The molecule has 0 unspecified atom stereocenters. The zero-order chi connectivity index (χ0) is 17.6. The summed E-state index contributed by atoms with van der Waals surface area (Å²) in [6.45, 7) is 2.65. The highest BCUT2D eigenvalue weighted by molar-refractivity contribution is 5.91. The summed E-state index contributed by atoms with van der Waals surface area (Å²) >= 11 is 0. The maximum Gasteiger partial charge on any atom is 0.239 e. The van der Waals surface area contributed by atoms with E-state index in [2.05, 4.69) is 15.3 Å².